The molecule has 1 amide bonds. The number of hydrogen-bond donors (Lipinski definition) is 1. The topological polar surface area (TPSA) is 44.8 Å². The molecule has 2 atom stereocenters. The van der Waals surface area contributed by atoms with Gasteiger partial charge in [0.25, 0.3) is 0 Å². The minimum Gasteiger partial charge on any atom is -0.445 e. The average molecular weight is 331 g/mol. The van der Waals surface area contributed by atoms with Crippen molar-refractivity contribution in [1.29, 1.82) is 0 Å². The maximum absolute atomic E-state index is 12.1. The summed E-state index contributed by atoms with van der Waals surface area (Å²) in [5.74, 6) is 0. The van der Waals surface area contributed by atoms with Crippen LogP contribution >= 0.6 is 0 Å². The van der Waals surface area contributed by atoms with Crippen LogP contribution in [0.3, 0.4) is 0 Å². The summed E-state index contributed by atoms with van der Waals surface area (Å²) in [5, 5.41) is 3.07. The first-order valence-corrected chi connectivity index (χ1v) is 9.10. The monoisotopic (exact) mass is 331 g/mol. The first-order valence-electron chi connectivity index (χ1n) is 9.10. The van der Waals surface area contributed by atoms with Gasteiger partial charge in [0.2, 0.25) is 0 Å². The second-order valence-electron chi connectivity index (χ2n) is 7.06. The predicted octanol–water partition coefficient (Wildman–Crippen LogP) is 2.47. The van der Waals surface area contributed by atoms with Crippen molar-refractivity contribution in [3.63, 3.8) is 0 Å². The SMILES string of the molecule is CN1CCN(C2CCC[C@H](NC(=O)OCc3ccccc3)C2)CC1. The molecule has 1 aromatic rings. The highest BCUT2D eigenvalue weighted by molar-refractivity contribution is 5.67. The highest BCUT2D eigenvalue weighted by Gasteiger charge is 2.29. The molecule has 1 aliphatic heterocycles. The molecule has 0 radical (unpaired) electrons. The fraction of sp³-hybridized carbons (Fsp3) is 0.632. The lowest BCUT2D eigenvalue weighted by molar-refractivity contribution is 0.0794. The van der Waals surface area contributed by atoms with E-state index in [2.05, 4.69) is 22.2 Å². The van der Waals surface area contributed by atoms with E-state index in [0.717, 1.165) is 44.6 Å². The smallest absolute Gasteiger partial charge is 0.407 e. The number of hydrogen-bond acceptors (Lipinski definition) is 4. The van der Waals surface area contributed by atoms with Gasteiger partial charge < -0.3 is 15.0 Å². The average Bonchev–Trinajstić information content (AvgIpc) is 2.62. The first-order chi connectivity index (χ1) is 11.7. The molecule has 24 heavy (non-hydrogen) atoms. The summed E-state index contributed by atoms with van der Waals surface area (Å²) in [6, 6.07) is 10.7. The van der Waals surface area contributed by atoms with Gasteiger partial charge in [-0.15, -0.1) is 0 Å². The number of carbonyl (C=O) groups is 1. The second-order valence-corrected chi connectivity index (χ2v) is 7.06. The molecule has 1 saturated carbocycles. The van der Waals surface area contributed by atoms with Gasteiger partial charge in [-0.1, -0.05) is 30.3 Å². The number of ether oxygens (including phenoxy) is 1. The molecule has 1 N–H and O–H groups in total. The molecule has 1 aromatic carbocycles. The number of likely N-dealkylation sites (N-methyl/N-ethyl adjacent to an activating group) is 1. The molecule has 0 bridgehead atoms. The van der Waals surface area contributed by atoms with Crippen molar-refractivity contribution in [2.45, 2.75) is 44.4 Å². The van der Waals surface area contributed by atoms with Crippen LogP contribution in [0.1, 0.15) is 31.2 Å². The Morgan fingerprint density at radius 2 is 1.92 bits per heavy atom. The van der Waals surface area contributed by atoms with Gasteiger partial charge in [-0.05, 0) is 38.3 Å². The lowest BCUT2D eigenvalue weighted by atomic mass is 9.89. The van der Waals surface area contributed by atoms with E-state index in [-0.39, 0.29) is 12.1 Å². The van der Waals surface area contributed by atoms with E-state index in [0.29, 0.717) is 12.6 Å². The fourth-order valence-corrected chi connectivity index (χ4v) is 3.75. The maximum atomic E-state index is 12.1. The van der Waals surface area contributed by atoms with Crippen LogP contribution in [-0.2, 0) is 11.3 Å². The van der Waals surface area contributed by atoms with Crippen molar-refractivity contribution in [2.24, 2.45) is 0 Å². The number of carbonyl (C=O) groups excluding carboxylic acids is 1. The van der Waals surface area contributed by atoms with Crippen molar-refractivity contribution < 1.29 is 9.53 Å². The van der Waals surface area contributed by atoms with Crippen LogP contribution in [0, 0.1) is 0 Å². The highest BCUT2D eigenvalue weighted by atomic mass is 16.5. The van der Waals surface area contributed by atoms with Gasteiger partial charge in [0.05, 0.1) is 0 Å². The molecule has 0 aromatic heterocycles. The third-order valence-corrected chi connectivity index (χ3v) is 5.24. The van der Waals surface area contributed by atoms with Crippen LogP contribution < -0.4 is 5.32 Å². The lowest BCUT2D eigenvalue weighted by Gasteiger charge is -2.41. The Balaban J connectivity index is 1.42. The zero-order chi connectivity index (χ0) is 16.8. The molecule has 1 heterocycles. The van der Waals surface area contributed by atoms with Gasteiger partial charge in [-0.3, -0.25) is 4.90 Å². The van der Waals surface area contributed by atoms with E-state index < -0.39 is 0 Å². The van der Waals surface area contributed by atoms with Crippen molar-refractivity contribution in [2.75, 3.05) is 33.2 Å². The van der Waals surface area contributed by atoms with Crippen molar-refractivity contribution in [3.05, 3.63) is 35.9 Å². The third-order valence-electron chi connectivity index (χ3n) is 5.24. The van der Waals surface area contributed by atoms with Crippen LogP contribution in [0.2, 0.25) is 0 Å². The number of rotatable bonds is 4. The van der Waals surface area contributed by atoms with Gasteiger partial charge in [0.1, 0.15) is 6.61 Å². The summed E-state index contributed by atoms with van der Waals surface area (Å²) < 4.78 is 5.36. The summed E-state index contributed by atoms with van der Waals surface area (Å²) >= 11 is 0. The summed E-state index contributed by atoms with van der Waals surface area (Å²) in [5.41, 5.74) is 1.02. The van der Waals surface area contributed by atoms with Crippen LogP contribution in [0.25, 0.3) is 0 Å². The second kappa shape index (κ2) is 8.49. The van der Waals surface area contributed by atoms with E-state index in [9.17, 15) is 4.79 Å². The maximum Gasteiger partial charge on any atom is 0.407 e. The molecule has 2 aliphatic rings. The Bertz CT molecular complexity index is 515. The zero-order valence-corrected chi connectivity index (χ0v) is 14.6. The predicted molar refractivity (Wildman–Crippen MR) is 94.9 cm³/mol. The van der Waals surface area contributed by atoms with Crippen LogP contribution in [-0.4, -0.2) is 61.2 Å². The number of nitrogens with zero attached hydrogens (tertiary/aromatic N) is 2. The Morgan fingerprint density at radius 1 is 1.17 bits per heavy atom. The van der Waals surface area contributed by atoms with Crippen molar-refractivity contribution >= 4 is 6.09 Å². The molecule has 5 heteroatoms. The number of benzene rings is 1. The van der Waals surface area contributed by atoms with Crippen LogP contribution in [0.15, 0.2) is 30.3 Å². The molecular weight excluding hydrogens is 302 g/mol. The fourth-order valence-electron chi connectivity index (χ4n) is 3.75. The largest absolute Gasteiger partial charge is 0.445 e. The molecule has 132 valence electrons. The van der Waals surface area contributed by atoms with E-state index in [1.54, 1.807) is 0 Å². The number of alkyl carbamates (subject to hydrolysis) is 1. The minimum absolute atomic E-state index is 0.242. The molecule has 5 nitrogen and oxygen atoms in total. The molecule has 1 unspecified atom stereocenters. The van der Waals surface area contributed by atoms with Gasteiger partial charge in [-0.2, -0.15) is 0 Å². The van der Waals surface area contributed by atoms with Gasteiger partial charge in [0.15, 0.2) is 0 Å². The molecule has 3 rings (SSSR count). The number of piperazine rings is 1. The van der Waals surface area contributed by atoms with Crippen LogP contribution in [0.5, 0.6) is 0 Å². The van der Waals surface area contributed by atoms with E-state index >= 15 is 0 Å². The summed E-state index contributed by atoms with van der Waals surface area (Å²) in [7, 11) is 2.19. The summed E-state index contributed by atoms with van der Waals surface area (Å²) in [6.45, 7) is 4.92. The first kappa shape index (κ1) is 17.2. The Morgan fingerprint density at radius 3 is 2.67 bits per heavy atom. The molecular formula is C19H29N3O2. The quantitative estimate of drug-likeness (QED) is 0.921. The highest BCUT2D eigenvalue weighted by Crippen LogP contribution is 2.24. The Labute approximate surface area is 145 Å². The van der Waals surface area contributed by atoms with Gasteiger partial charge in [-0.25, -0.2) is 4.79 Å². The Kier molecular flexibility index (Phi) is 6.10. The molecule has 0 spiro atoms. The Hall–Kier alpha value is -1.59. The number of amides is 1. The van der Waals surface area contributed by atoms with Crippen molar-refractivity contribution in [1.82, 2.24) is 15.1 Å². The minimum atomic E-state index is -0.289. The third kappa shape index (κ3) is 4.95. The van der Waals surface area contributed by atoms with Crippen LogP contribution in [0.4, 0.5) is 4.79 Å². The van der Waals surface area contributed by atoms with Gasteiger partial charge in [0, 0.05) is 38.3 Å². The molecule has 1 saturated heterocycles. The summed E-state index contributed by atoms with van der Waals surface area (Å²) in [4.78, 5) is 17.0. The molecule has 1 aliphatic carbocycles. The summed E-state index contributed by atoms with van der Waals surface area (Å²) in [6.07, 6.45) is 4.25. The number of nitrogens with one attached hydrogen (secondary N) is 1. The standard InChI is InChI=1S/C19H29N3O2/c1-21-10-12-22(13-11-21)18-9-5-8-17(14-18)20-19(23)24-15-16-6-3-2-4-7-16/h2-4,6-7,17-18H,5,8-15H2,1H3,(H,20,23)/t17-,18?/m0/s1. The van der Waals surface area contributed by atoms with E-state index in [4.69, 9.17) is 4.74 Å². The van der Waals surface area contributed by atoms with E-state index in [1.165, 1.54) is 12.8 Å². The molecule has 2 fully saturated rings. The van der Waals surface area contributed by atoms with Crippen molar-refractivity contribution in [3.8, 4) is 0 Å². The lowest BCUT2D eigenvalue weighted by Crippen LogP contribution is -2.52. The van der Waals surface area contributed by atoms with Gasteiger partial charge >= 0.3 is 6.09 Å². The normalized spacial score (nSPS) is 26.0. The zero-order valence-electron chi connectivity index (χ0n) is 14.6. The van der Waals surface area contributed by atoms with E-state index in [1.807, 2.05) is 30.3 Å².